The van der Waals surface area contributed by atoms with Gasteiger partial charge in [-0.05, 0) is 31.5 Å². The second-order valence-corrected chi connectivity index (χ2v) is 5.60. The van der Waals surface area contributed by atoms with Gasteiger partial charge in [0.05, 0.1) is 6.54 Å². The van der Waals surface area contributed by atoms with Crippen molar-refractivity contribution in [3.63, 3.8) is 0 Å². The van der Waals surface area contributed by atoms with Crippen LogP contribution in [0.4, 0.5) is 0 Å². The molecule has 0 bridgehead atoms. The Kier molecular flexibility index (Phi) is 6.16. The van der Waals surface area contributed by atoms with Gasteiger partial charge >= 0.3 is 5.97 Å². The summed E-state index contributed by atoms with van der Waals surface area (Å²) in [4.78, 5) is 13.9. The van der Waals surface area contributed by atoms with Gasteiger partial charge in [0, 0.05) is 6.04 Å². The molecular weight excluding hydrogens is 274 g/mol. The minimum Gasteiger partial charge on any atom is -0.460 e. The van der Waals surface area contributed by atoms with Crippen LogP contribution in [-0.4, -0.2) is 30.5 Å². The van der Waals surface area contributed by atoms with Crippen molar-refractivity contribution in [1.29, 1.82) is 0 Å². The Balaban J connectivity index is 1.75. The Morgan fingerprint density at radius 2 is 1.55 bits per heavy atom. The van der Waals surface area contributed by atoms with E-state index in [4.69, 9.17) is 4.74 Å². The minimum absolute atomic E-state index is 0.189. The van der Waals surface area contributed by atoms with E-state index in [0.29, 0.717) is 13.2 Å². The summed E-state index contributed by atoms with van der Waals surface area (Å²) in [7, 11) is 1.96. The van der Waals surface area contributed by atoms with Gasteiger partial charge in [0.2, 0.25) is 0 Å². The van der Waals surface area contributed by atoms with Crippen molar-refractivity contribution in [2.45, 2.75) is 26.0 Å². The summed E-state index contributed by atoms with van der Waals surface area (Å²) < 4.78 is 5.32. The van der Waals surface area contributed by atoms with Crippen LogP contribution in [-0.2, 0) is 22.6 Å². The average Bonchev–Trinajstić information content (AvgIpc) is 2.55. The first kappa shape index (κ1) is 16.2. The van der Waals surface area contributed by atoms with Crippen LogP contribution in [0.3, 0.4) is 0 Å². The maximum atomic E-state index is 11.9. The Hall–Kier alpha value is -2.13. The monoisotopic (exact) mass is 297 g/mol. The maximum Gasteiger partial charge on any atom is 0.320 e. The summed E-state index contributed by atoms with van der Waals surface area (Å²) in [5.41, 5.74) is 2.29. The molecule has 0 aliphatic carbocycles. The van der Waals surface area contributed by atoms with E-state index in [-0.39, 0.29) is 12.0 Å². The van der Waals surface area contributed by atoms with Gasteiger partial charge in [0.15, 0.2) is 0 Å². The Morgan fingerprint density at radius 3 is 2.14 bits per heavy atom. The average molecular weight is 297 g/mol. The van der Waals surface area contributed by atoms with Gasteiger partial charge in [-0.3, -0.25) is 9.69 Å². The lowest BCUT2D eigenvalue weighted by Gasteiger charge is -2.23. The van der Waals surface area contributed by atoms with Crippen LogP contribution in [0.2, 0.25) is 0 Å². The number of likely N-dealkylation sites (N-methyl/N-ethyl adjacent to an activating group) is 1. The van der Waals surface area contributed by atoms with Gasteiger partial charge in [-0.15, -0.1) is 0 Å². The first-order valence-electron chi connectivity index (χ1n) is 7.59. The van der Waals surface area contributed by atoms with E-state index in [9.17, 15) is 4.79 Å². The molecule has 0 spiro atoms. The number of hydrogen-bond donors (Lipinski definition) is 0. The van der Waals surface area contributed by atoms with Crippen molar-refractivity contribution < 1.29 is 9.53 Å². The van der Waals surface area contributed by atoms with E-state index in [0.717, 1.165) is 12.0 Å². The summed E-state index contributed by atoms with van der Waals surface area (Å²) in [6.45, 7) is 2.76. The molecule has 2 aromatic carbocycles. The van der Waals surface area contributed by atoms with E-state index < -0.39 is 0 Å². The molecule has 0 fully saturated rings. The Morgan fingerprint density at radius 1 is 1.00 bits per heavy atom. The highest BCUT2D eigenvalue weighted by Gasteiger charge is 2.14. The summed E-state index contributed by atoms with van der Waals surface area (Å²) in [6.07, 6.45) is 0.920. The number of hydrogen-bond acceptors (Lipinski definition) is 3. The quantitative estimate of drug-likeness (QED) is 0.734. The molecular formula is C19H23NO2. The van der Waals surface area contributed by atoms with Crippen LogP contribution in [0.1, 0.15) is 18.1 Å². The largest absolute Gasteiger partial charge is 0.460 e. The van der Waals surface area contributed by atoms with Crippen molar-refractivity contribution in [3.05, 3.63) is 71.8 Å². The molecule has 0 aliphatic rings. The van der Waals surface area contributed by atoms with E-state index in [1.54, 1.807) is 0 Å². The molecule has 0 amide bonds. The summed E-state index contributed by atoms with van der Waals surface area (Å²) in [5, 5.41) is 0. The van der Waals surface area contributed by atoms with Crippen molar-refractivity contribution in [3.8, 4) is 0 Å². The molecule has 0 heterocycles. The molecule has 2 rings (SSSR count). The third-order valence-electron chi connectivity index (χ3n) is 3.75. The van der Waals surface area contributed by atoms with Gasteiger partial charge in [-0.25, -0.2) is 0 Å². The van der Waals surface area contributed by atoms with Crippen molar-refractivity contribution in [2.75, 3.05) is 13.6 Å². The number of carbonyl (C=O) groups is 1. The summed E-state index contributed by atoms with van der Waals surface area (Å²) in [5.74, 6) is -0.189. The molecule has 116 valence electrons. The first-order chi connectivity index (χ1) is 10.6. The molecule has 0 saturated carbocycles. The van der Waals surface area contributed by atoms with E-state index in [1.807, 2.05) is 60.5 Å². The fourth-order valence-electron chi connectivity index (χ4n) is 2.25. The Labute approximate surface area is 132 Å². The smallest absolute Gasteiger partial charge is 0.320 e. The molecule has 0 aliphatic heterocycles. The zero-order valence-corrected chi connectivity index (χ0v) is 13.2. The lowest BCUT2D eigenvalue weighted by atomic mass is 10.1. The minimum atomic E-state index is -0.189. The van der Waals surface area contributed by atoms with E-state index in [2.05, 4.69) is 19.1 Å². The van der Waals surface area contributed by atoms with Gasteiger partial charge in [-0.2, -0.15) is 0 Å². The molecule has 1 atom stereocenters. The van der Waals surface area contributed by atoms with Gasteiger partial charge in [-0.1, -0.05) is 60.7 Å². The third-order valence-corrected chi connectivity index (χ3v) is 3.75. The van der Waals surface area contributed by atoms with E-state index in [1.165, 1.54) is 5.56 Å². The standard InChI is InChI=1S/C19H23NO2/c1-16(13-17-9-5-3-6-10-17)20(2)14-19(21)22-15-18-11-7-4-8-12-18/h3-12,16H,13-15H2,1-2H3/t16-/m0/s1. The highest BCUT2D eigenvalue weighted by atomic mass is 16.5. The lowest BCUT2D eigenvalue weighted by molar-refractivity contribution is -0.146. The van der Waals surface area contributed by atoms with Crippen LogP contribution in [0.5, 0.6) is 0 Å². The SMILES string of the molecule is C[C@@H](Cc1ccccc1)N(C)CC(=O)OCc1ccccc1. The van der Waals surface area contributed by atoms with Crippen LogP contribution in [0.25, 0.3) is 0 Å². The molecule has 0 radical (unpaired) electrons. The van der Waals surface area contributed by atoms with Crippen LogP contribution >= 0.6 is 0 Å². The second-order valence-electron chi connectivity index (χ2n) is 5.60. The molecule has 0 aromatic heterocycles. The highest BCUT2D eigenvalue weighted by molar-refractivity contribution is 5.71. The second kappa shape index (κ2) is 8.35. The lowest BCUT2D eigenvalue weighted by Crippen LogP contribution is -2.36. The van der Waals surface area contributed by atoms with E-state index >= 15 is 0 Å². The van der Waals surface area contributed by atoms with Crippen molar-refractivity contribution >= 4 is 5.97 Å². The molecule has 3 nitrogen and oxygen atoms in total. The van der Waals surface area contributed by atoms with Gasteiger partial charge < -0.3 is 4.74 Å². The Bertz CT molecular complexity index is 569. The molecule has 0 unspecified atom stereocenters. The maximum absolute atomic E-state index is 11.9. The first-order valence-corrected chi connectivity index (χ1v) is 7.59. The van der Waals surface area contributed by atoms with Gasteiger partial charge in [0.25, 0.3) is 0 Å². The molecule has 0 N–H and O–H groups in total. The van der Waals surface area contributed by atoms with Crippen LogP contribution in [0.15, 0.2) is 60.7 Å². The topological polar surface area (TPSA) is 29.5 Å². The fraction of sp³-hybridized carbons (Fsp3) is 0.316. The number of rotatable bonds is 7. The number of carbonyl (C=O) groups excluding carboxylic acids is 1. The normalized spacial score (nSPS) is 12.1. The van der Waals surface area contributed by atoms with Crippen molar-refractivity contribution in [1.82, 2.24) is 4.90 Å². The number of esters is 1. The molecule has 22 heavy (non-hydrogen) atoms. The fourth-order valence-corrected chi connectivity index (χ4v) is 2.25. The van der Waals surface area contributed by atoms with Crippen molar-refractivity contribution in [2.24, 2.45) is 0 Å². The van der Waals surface area contributed by atoms with Crippen LogP contribution < -0.4 is 0 Å². The molecule has 0 saturated heterocycles. The number of nitrogens with zero attached hydrogens (tertiary/aromatic N) is 1. The zero-order chi connectivity index (χ0) is 15.8. The van der Waals surface area contributed by atoms with Crippen LogP contribution in [0, 0.1) is 0 Å². The number of ether oxygens (including phenoxy) is 1. The predicted octanol–water partition coefficient (Wildman–Crippen LogP) is 3.29. The molecule has 2 aromatic rings. The van der Waals surface area contributed by atoms with Gasteiger partial charge in [0.1, 0.15) is 6.61 Å². The summed E-state index contributed by atoms with van der Waals surface area (Å²) in [6, 6.07) is 20.3. The number of benzene rings is 2. The molecule has 3 heteroatoms. The highest BCUT2D eigenvalue weighted by Crippen LogP contribution is 2.08. The predicted molar refractivity (Wildman–Crippen MR) is 88.5 cm³/mol. The zero-order valence-electron chi connectivity index (χ0n) is 13.2. The third kappa shape index (κ3) is 5.34. The summed E-state index contributed by atoms with van der Waals surface area (Å²) >= 11 is 0.